The SMILES string of the molecule is CCCNC(c1ccc(F)c(Cl)c1)C1CCCC(C)C1. The molecule has 112 valence electrons. The van der Waals surface area contributed by atoms with Gasteiger partial charge in [-0.05, 0) is 55.3 Å². The summed E-state index contributed by atoms with van der Waals surface area (Å²) in [7, 11) is 0. The molecule has 3 heteroatoms. The summed E-state index contributed by atoms with van der Waals surface area (Å²) >= 11 is 5.96. The zero-order chi connectivity index (χ0) is 14.5. The molecule has 1 aliphatic rings. The second-order valence-electron chi connectivity index (χ2n) is 6.14. The highest BCUT2D eigenvalue weighted by atomic mass is 35.5. The van der Waals surface area contributed by atoms with Crippen LogP contribution in [0.3, 0.4) is 0 Å². The molecule has 1 nitrogen and oxygen atoms in total. The molecule has 0 radical (unpaired) electrons. The third kappa shape index (κ3) is 3.95. The molecule has 1 N–H and O–H groups in total. The predicted molar refractivity (Wildman–Crippen MR) is 83.6 cm³/mol. The summed E-state index contributed by atoms with van der Waals surface area (Å²) in [5, 5.41) is 3.87. The van der Waals surface area contributed by atoms with Crippen LogP contribution in [0.2, 0.25) is 5.02 Å². The molecule has 20 heavy (non-hydrogen) atoms. The first-order valence-corrected chi connectivity index (χ1v) is 8.18. The molecule has 0 saturated heterocycles. The first-order chi connectivity index (χ1) is 9.61. The largest absolute Gasteiger partial charge is 0.310 e. The van der Waals surface area contributed by atoms with E-state index in [0.29, 0.717) is 12.0 Å². The van der Waals surface area contributed by atoms with Gasteiger partial charge in [0, 0.05) is 6.04 Å². The smallest absolute Gasteiger partial charge is 0.141 e. The van der Waals surface area contributed by atoms with E-state index in [0.717, 1.165) is 24.4 Å². The molecule has 1 aliphatic carbocycles. The molecule has 1 fully saturated rings. The van der Waals surface area contributed by atoms with Crippen LogP contribution >= 0.6 is 11.6 Å². The van der Waals surface area contributed by atoms with Gasteiger partial charge >= 0.3 is 0 Å². The summed E-state index contributed by atoms with van der Waals surface area (Å²) < 4.78 is 13.4. The van der Waals surface area contributed by atoms with E-state index < -0.39 is 0 Å². The van der Waals surface area contributed by atoms with Crippen molar-refractivity contribution < 1.29 is 4.39 Å². The van der Waals surface area contributed by atoms with Crippen LogP contribution in [-0.2, 0) is 0 Å². The van der Waals surface area contributed by atoms with Crippen LogP contribution in [0.25, 0.3) is 0 Å². The minimum absolute atomic E-state index is 0.231. The van der Waals surface area contributed by atoms with E-state index >= 15 is 0 Å². The molecule has 1 aromatic carbocycles. The standard InChI is InChI=1S/C17H25ClFN/c1-3-9-20-17(13-6-4-5-12(2)10-13)14-7-8-16(19)15(18)11-14/h7-8,11-13,17,20H,3-6,9-10H2,1-2H3. The Bertz CT molecular complexity index is 435. The molecule has 0 aliphatic heterocycles. The van der Waals surface area contributed by atoms with Crippen molar-refractivity contribution in [2.45, 2.75) is 52.0 Å². The van der Waals surface area contributed by atoms with Crippen molar-refractivity contribution in [1.29, 1.82) is 0 Å². The van der Waals surface area contributed by atoms with Crippen LogP contribution in [0.15, 0.2) is 18.2 Å². The second kappa shape index (κ2) is 7.42. The molecule has 0 bridgehead atoms. The van der Waals surface area contributed by atoms with Crippen LogP contribution < -0.4 is 5.32 Å². The van der Waals surface area contributed by atoms with Crippen molar-refractivity contribution >= 4 is 11.6 Å². The Hall–Kier alpha value is -0.600. The van der Waals surface area contributed by atoms with E-state index in [1.807, 2.05) is 6.07 Å². The van der Waals surface area contributed by atoms with E-state index in [1.165, 1.54) is 31.7 Å². The van der Waals surface area contributed by atoms with Gasteiger partial charge in [-0.1, -0.05) is 44.4 Å². The summed E-state index contributed by atoms with van der Waals surface area (Å²) in [6.07, 6.45) is 6.23. The number of hydrogen-bond donors (Lipinski definition) is 1. The Labute approximate surface area is 126 Å². The molecule has 0 heterocycles. The maximum absolute atomic E-state index is 13.4. The third-order valence-corrected chi connectivity index (χ3v) is 4.66. The average molecular weight is 298 g/mol. The number of nitrogens with one attached hydrogen (secondary N) is 1. The highest BCUT2D eigenvalue weighted by molar-refractivity contribution is 6.30. The lowest BCUT2D eigenvalue weighted by Crippen LogP contribution is -2.31. The van der Waals surface area contributed by atoms with Gasteiger partial charge in [0.2, 0.25) is 0 Å². The van der Waals surface area contributed by atoms with Gasteiger partial charge in [0.1, 0.15) is 5.82 Å². The fourth-order valence-electron chi connectivity index (χ4n) is 3.35. The fourth-order valence-corrected chi connectivity index (χ4v) is 3.54. The van der Waals surface area contributed by atoms with Crippen LogP contribution in [0.1, 0.15) is 57.6 Å². The average Bonchev–Trinajstić information content (AvgIpc) is 2.43. The van der Waals surface area contributed by atoms with Crippen molar-refractivity contribution in [1.82, 2.24) is 5.32 Å². The fraction of sp³-hybridized carbons (Fsp3) is 0.647. The Morgan fingerprint density at radius 1 is 1.40 bits per heavy atom. The minimum Gasteiger partial charge on any atom is -0.310 e. The van der Waals surface area contributed by atoms with Gasteiger partial charge in [-0.25, -0.2) is 4.39 Å². The van der Waals surface area contributed by atoms with Crippen LogP contribution in [0.4, 0.5) is 4.39 Å². The van der Waals surface area contributed by atoms with Gasteiger partial charge in [-0.3, -0.25) is 0 Å². The summed E-state index contributed by atoms with van der Waals surface area (Å²) in [6, 6.07) is 5.47. The summed E-state index contributed by atoms with van der Waals surface area (Å²) in [5.41, 5.74) is 1.13. The van der Waals surface area contributed by atoms with E-state index in [1.54, 1.807) is 6.07 Å². The van der Waals surface area contributed by atoms with E-state index in [2.05, 4.69) is 19.2 Å². The molecule has 1 saturated carbocycles. The lowest BCUT2D eigenvalue weighted by Gasteiger charge is -2.34. The predicted octanol–water partition coefficient (Wildman–Crippen LogP) is 5.35. The molecule has 2 rings (SSSR count). The van der Waals surface area contributed by atoms with Crippen LogP contribution in [-0.4, -0.2) is 6.54 Å². The molecule has 0 aromatic heterocycles. The van der Waals surface area contributed by atoms with Gasteiger partial charge in [-0.15, -0.1) is 0 Å². The Balaban J connectivity index is 2.19. The number of halogens is 2. The summed E-state index contributed by atoms with van der Waals surface area (Å²) in [4.78, 5) is 0. The van der Waals surface area contributed by atoms with Gasteiger partial charge < -0.3 is 5.32 Å². The first-order valence-electron chi connectivity index (χ1n) is 7.80. The van der Waals surface area contributed by atoms with Crippen LogP contribution in [0, 0.1) is 17.7 Å². The zero-order valence-electron chi connectivity index (χ0n) is 12.5. The lowest BCUT2D eigenvalue weighted by molar-refractivity contribution is 0.223. The maximum atomic E-state index is 13.4. The Morgan fingerprint density at radius 3 is 2.85 bits per heavy atom. The molecular weight excluding hydrogens is 273 g/mol. The first kappa shape index (κ1) is 15.8. The maximum Gasteiger partial charge on any atom is 0.141 e. The topological polar surface area (TPSA) is 12.0 Å². The molecule has 0 amide bonds. The molecule has 0 spiro atoms. The molecule has 3 unspecified atom stereocenters. The Morgan fingerprint density at radius 2 is 2.20 bits per heavy atom. The van der Waals surface area contributed by atoms with Crippen molar-refractivity contribution in [2.24, 2.45) is 11.8 Å². The van der Waals surface area contributed by atoms with E-state index in [4.69, 9.17) is 11.6 Å². The Kier molecular flexibility index (Phi) is 5.86. The number of benzene rings is 1. The van der Waals surface area contributed by atoms with Gasteiger partial charge in [0.05, 0.1) is 5.02 Å². The zero-order valence-corrected chi connectivity index (χ0v) is 13.2. The van der Waals surface area contributed by atoms with E-state index in [9.17, 15) is 4.39 Å². The minimum atomic E-state index is -0.332. The summed E-state index contributed by atoms with van der Waals surface area (Å²) in [6.45, 7) is 5.50. The van der Waals surface area contributed by atoms with Crippen LogP contribution in [0.5, 0.6) is 0 Å². The highest BCUT2D eigenvalue weighted by Gasteiger charge is 2.27. The third-order valence-electron chi connectivity index (χ3n) is 4.37. The van der Waals surface area contributed by atoms with Gasteiger partial charge in [0.25, 0.3) is 0 Å². The molecular formula is C17H25ClFN. The van der Waals surface area contributed by atoms with E-state index in [-0.39, 0.29) is 10.8 Å². The molecule has 1 aromatic rings. The van der Waals surface area contributed by atoms with Crippen molar-refractivity contribution in [3.8, 4) is 0 Å². The van der Waals surface area contributed by atoms with Crippen molar-refractivity contribution in [3.63, 3.8) is 0 Å². The van der Waals surface area contributed by atoms with Crippen molar-refractivity contribution in [3.05, 3.63) is 34.6 Å². The lowest BCUT2D eigenvalue weighted by atomic mass is 9.76. The highest BCUT2D eigenvalue weighted by Crippen LogP contribution is 2.37. The molecule has 3 atom stereocenters. The second-order valence-corrected chi connectivity index (χ2v) is 6.54. The van der Waals surface area contributed by atoms with Gasteiger partial charge in [-0.2, -0.15) is 0 Å². The monoisotopic (exact) mass is 297 g/mol. The summed E-state index contributed by atoms with van der Waals surface area (Å²) in [5.74, 6) is 1.09. The normalized spacial score (nSPS) is 24.6. The quantitative estimate of drug-likeness (QED) is 0.773. The van der Waals surface area contributed by atoms with Gasteiger partial charge in [0.15, 0.2) is 0 Å². The number of hydrogen-bond acceptors (Lipinski definition) is 1. The van der Waals surface area contributed by atoms with Crippen molar-refractivity contribution in [2.75, 3.05) is 6.54 Å². The number of rotatable bonds is 5.